The number of sulfonamides is 1. The predicted octanol–water partition coefficient (Wildman–Crippen LogP) is 3.01. The smallest absolute Gasteiger partial charge is 0.243 e. The van der Waals surface area contributed by atoms with Gasteiger partial charge in [-0.15, -0.1) is 0 Å². The zero-order chi connectivity index (χ0) is 22.4. The number of para-hydroxylation sites is 1. The monoisotopic (exact) mass is 451 g/mol. The van der Waals surface area contributed by atoms with E-state index in [0.29, 0.717) is 44.6 Å². The summed E-state index contributed by atoms with van der Waals surface area (Å²) in [5.41, 5.74) is 0.503. The van der Waals surface area contributed by atoms with Gasteiger partial charge in [0.2, 0.25) is 15.9 Å². The van der Waals surface area contributed by atoms with Crippen LogP contribution in [0.2, 0.25) is 0 Å². The number of benzene rings is 2. The molecule has 168 valence electrons. The summed E-state index contributed by atoms with van der Waals surface area (Å²) in [6.07, 6.45) is 1.81. The summed E-state index contributed by atoms with van der Waals surface area (Å²) >= 11 is 0. The Bertz CT molecular complexity index is 999. The fraction of sp³-hybridized carbons (Fsp3) is 0.409. The van der Waals surface area contributed by atoms with Gasteiger partial charge in [0.1, 0.15) is 11.6 Å². The summed E-state index contributed by atoms with van der Waals surface area (Å²) < 4.78 is 53.8. The second-order valence-corrected chi connectivity index (χ2v) is 9.61. The molecule has 2 aromatic rings. The van der Waals surface area contributed by atoms with E-state index >= 15 is 0 Å². The lowest BCUT2D eigenvalue weighted by atomic mass is 9.99. The Labute approximate surface area is 181 Å². The lowest BCUT2D eigenvalue weighted by Crippen LogP contribution is -2.45. The topological polar surface area (TPSA) is 69.7 Å². The fourth-order valence-corrected chi connectivity index (χ4v) is 5.21. The minimum absolute atomic E-state index is 0.0196. The molecule has 1 heterocycles. The van der Waals surface area contributed by atoms with Gasteiger partial charge in [0.05, 0.1) is 16.5 Å². The molecule has 1 aliphatic heterocycles. The summed E-state index contributed by atoms with van der Waals surface area (Å²) in [7, 11) is -1.98. The third-order valence-electron chi connectivity index (χ3n) is 5.44. The van der Waals surface area contributed by atoms with Gasteiger partial charge < -0.3 is 10.2 Å². The van der Waals surface area contributed by atoms with Gasteiger partial charge in [-0.1, -0.05) is 12.1 Å². The summed E-state index contributed by atoms with van der Waals surface area (Å²) in [4.78, 5) is 14.4. The van der Waals surface area contributed by atoms with Crippen LogP contribution in [0.5, 0.6) is 0 Å². The van der Waals surface area contributed by atoms with E-state index in [-0.39, 0.29) is 23.2 Å². The van der Waals surface area contributed by atoms with Crippen LogP contribution in [0.4, 0.5) is 14.5 Å². The standard InChI is InChI=1S/C22H27F2N3O3S/c1-26(21-8-3-2-7-20(21)24)14-5-13-25-22(28)17-6-4-15-27(16-17)31(29,30)19-11-9-18(23)10-12-19/h2-3,7-12,17H,4-6,13-16H2,1H3,(H,25,28). The van der Waals surface area contributed by atoms with E-state index < -0.39 is 21.8 Å². The average Bonchev–Trinajstić information content (AvgIpc) is 2.77. The highest BCUT2D eigenvalue weighted by Crippen LogP contribution is 2.24. The quantitative estimate of drug-likeness (QED) is 0.627. The minimum Gasteiger partial charge on any atom is -0.372 e. The van der Waals surface area contributed by atoms with Crippen molar-refractivity contribution in [3.63, 3.8) is 0 Å². The lowest BCUT2D eigenvalue weighted by molar-refractivity contribution is -0.126. The first-order chi connectivity index (χ1) is 14.8. The molecule has 2 aromatic carbocycles. The molecule has 0 radical (unpaired) electrons. The molecular weight excluding hydrogens is 424 g/mol. The SMILES string of the molecule is CN(CCCNC(=O)C1CCCN(S(=O)(=O)c2ccc(F)cc2)C1)c1ccccc1F. The molecule has 1 amide bonds. The molecule has 1 saturated heterocycles. The normalized spacial score (nSPS) is 17.3. The molecule has 6 nitrogen and oxygen atoms in total. The van der Waals surface area contributed by atoms with Crippen molar-refractivity contribution >= 4 is 21.6 Å². The number of amides is 1. The molecule has 3 rings (SSSR count). The summed E-state index contributed by atoms with van der Waals surface area (Å²) in [5.74, 6) is -1.42. The van der Waals surface area contributed by atoms with Crippen LogP contribution in [0, 0.1) is 17.6 Å². The molecule has 0 saturated carbocycles. The van der Waals surface area contributed by atoms with E-state index in [2.05, 4.69) is 5.32 Å². The van der Waals surface area contributed by atoms with E-state index in [9.17, 15) is 22.0 Å². The Kier molecular flexibility index (Phi) is 7.61. The van der Waals surface area contributed by atoms with Gasteiger partial charge in [0, 0.05) is 33.2 Å². The third kappa shape index (κ3) is 5.80. The van der Waals surface area contributed by atoms with E-state index in [4.69, 9.17) is 0 Å². The zero-order valence-electron chi connectivity index (χ0n) is 17.4. The van der Waals surface area contributed by atoms with Gasteiger partial charge in [0.25, 0.3) is 0 Å². The molecule has 0 spiro atoms. The van der Waals surface area contributed by atoms with Crippen molar-refractivity contribution in [2.75, 3.05) is 38.1 Å². The first-order valence-electron chi connectivity index (χ1n) is 10.3. The van der Waals surface area contributed by atoms with Crippen LogP contribution in [0.3, 0.4) is 0 Å². The first-order valence-corrected chi connectivity index (χ1v) is 11.7. The molecule has 1 aliphatic rings. The molecular formula is C22H27F2N3O3S. The maximum absolute atomic E-state index is 13.8. The number of nitrogens with zero attached hydrogens (tertiary/aromatic N) is 2. The van der Waals surface area contributed by atoms with E-state index in [1.54, 1.807) is 30.1 Å². The van der Waals surface area contributed by atoms with Gasteiger partial charge in [-0.3, -0.25) is 4.79 Å². The largest absolute Gasteiger partial charge is 0.372 e. The van der Waals surface area contributed by atoms with Crippen molar-refractivity contribution in [3.8, 4) is 0 Å². The van der Waals surface area contributed by atoms with Crippen molar-refractivity contribution in [1.29, 1.82) is 0 Å². The van der Waals surface area contributed by atoms with E-state index in [1.807, 2.05) is 0 Å². The Balaban J connectivity index is 1.49. The fourth-order valence-electron chi connectivity index (χ4n) is 3.68. The molecule has 31 heavy (non-hydrogen) atoms. The van der Waals surface area contributed by atoms with Crippen LogP contribution in [0.25, 0.3) is 0 Å². The maximum atomic E-state index is 13.8. The number of hydrogen-bond donors (Lipinski definition) is 1. The highest BCUT2D eigenvalue weighted by Gasteiger charge is 2.33. The van der Waals surface area contributed by atoms with Gasteiger partial charge >= 0.3 is 0 Å². The number of anilines is 1. The van der Waals surface area contributed by atoms with Crippen LogP contribution in [-0.4, -0.2) is 51.9 Å². The van der Waals surface area contributed by atoms with E-state index in [1.165, 1.54) is 22.5 Å². The number of carbonyl (C=O) groups is 1. The van der Waals surface area contributed by atoms with Crippen molar-refractivity contribution in [2.24, 2.45) is 5.92 Å². The van der Waals surface area contributed by atoms with Gasteiger partial charge in [-0.2, -0.15) is 4.31 Å². The number of nitrogens with one attached hydrogen (secondary N) is 1. The lowest BCUT2D eigenvalue weighted by Gasteiger charge is -2.31. The van der Waals surface area contributed by atoms with Crippen molar-refractivity contribution in [2.45, 2.75) is 24.2 Å². The van der Waals surface area contributed by atoms with Gasteiger partial charge in [0.15, 0.2) is 0 Å². The molecule has 1 fully saturated rings. The molecule has 0 bridgehead atoms. The minimum atomic E-state index is -3.77. The van der Waals surface area contributed by atoms with Crippen LogP contribution in [0.1, 0.15) is 19.3 Å². The second kappa shape index (κ2) is 10.2. The molecule has 0 aromatic heterocycles. The first kappa shape index (κ1) is 23.1. The Morgan fingerprint density at radius 1 is 1.16 bits per heavy atom. The molecule has 1 atom stereocenters. The van der Waals surface area contributed by atoms with Crippen LogP contribution < -0.4 is 10.2 Å². The predicted molar refractivity (Wildman–Crippen MR) is 115 cm³/mol. The summed E-state index contributed by atoms with van der Waals surface area (Å²) in [5, 5.41) is 2.86. The molecule has 0 aliphatic carbocycles. The average molecular weight is 452 g/mol. The molecule has 1 N–H and O–H groups in total. The third-order valence-corrected chi connectivity index (χ3v) is 7.32. The summed E-state index contributed by atoms with van der Waals surface area (Å²) in [6, 6.07) is 11.2. The van der Waals surface area contributed by atoms with Gasteiger partial charge in [-0.05, 0) is 55.7 Å². The maximum Gasteiger partial charge on any atom is 0.243 e. The van der Waals surface area contributed by atoms with Crippen molar-refractivity contribution < 1.29 is 22.0 Å². The number of piperidine rings is 1. The van der Waals surface area contributed by atoms with Crippen molar-refractivity contribution in [1.82, 2.24) is 9.62 Å². The highest BCUT2D eigenvalue weighted by molar-refractivity contribution is 7.89. The Morgan fingerprint density at radius 2 is 1.87 bits per heavy atom. The van der Waals surface area contributed by atoms with Crippen LogP contribution >= 0.6 is 0 Å². The zero-order valence-corrected chi connectivity index (χ0v) is 18.2. The van der Waals surface area contributed by atoms with Crippen LogP contribution in [-0.2, 0) is 14.8 Å². The second-order valence-electron chi connectivity index (χ2n) is 7.67. The van der Waals surface area contributed by atoms with Gasteiger partial charge in [-0.25, -0.2) is 17.2 Å². The summed E-state index contributed by atoms with van der Waals surface area (Å²) in [6.45, 7) is 1.41. The number of halogens is 2. The van der Waals surface area contributed by atoms with Crippen molar-refractivity contribution in [3.05, 3.63) is 60.2 Å². The van der Waals surface area contributed by atoms with Crippen LogP contribution in [0.15, 0.2) is 53.4 Å². The molecule has 9 heteroatoms. The van der Waals surface area contributed by atoms with E-state index in [0.717, 1.165) is 12.1 Å². The number of carbonyl (C=O) groups excluding carboxylic acids is 1. The number of rotatable bonds is 8. The molecule has 1 unspecified atom stereocenters. The number of hydrogen-bond acceptors (Lipinski definition) is 4. The highest BCUT2D eigenvalue weighted by atomic mass is 32.2. The Hall–Kier alpha value is -2.52. The Morgan fingerprint density at radius 3 is 2.58 bits per heavy atom.